The van der Waals surface area contributed by atoms with E-state index in [0.717, 1.165) is 0 Å². The number of rotatable bonds is 0. The van der Waals surface area contributed by atoms with Crippen LogP contribution in [0.5, 0.6) is 0 Å². The van der Waals surface area contributed by atoms with Gasteiger partial charge in [0.2, 0.25) is 0 Å². The Labute approximate surface area is 91.6 Å². The Hall–Kier alpha value is -2.59. The zero-order valence-corrected chi connectivity index (χ0v) is 8.56. The number of aromatic nitrogens is 1. The SMILES string of the molecule is Cc1cccc2c(C#N)cc(C#N)c(=O)n12. The zero-order chi connectivity index (χ0) is 11.7. The Morgan fingerprint density at radius 2 is 1.88 bits per heavy atom. The molecule has 4 heteroatoms. The minimum absolute atomic E-state index is 0.0108. The molecular formula is C12H7N3O. The van der Waals surface area contributed by atoms with E-state index in [0.29, 0.717) is 16.8 Å². The van der Waals surface area contributed by atoms with Gasteiger partial charge in [-0.1, -0.05) is 6.07 Å². The predicted molar refractivity (Wildman–Crippen MR) is 57.8 cm³/mol. The van der Waals surface area contributed by atoms with Crippen LogP contribution in [-0.4, -0.2) is 4.40 Å². The quantitative estimate of drug-likeness (QED) is 0.657. The molecule has 0 saturated carbocycles. The van der Waals surface area contributed by atoms with Crippen LogP contribution in [0.3, 0.4) is 0 Å². The van der Waals surface area contributed by atoms with Crippen LogP contribution in [0.2, 0.25) is 0 Å². The highest BCUT2D eigenvalue weighted by Gasteiger charge is 2.09. The second kappa shape index (κ2) is 3.52. The summed E-state index contributed by atoms with van der Waals surface area (Å²) in [6.07, 6.45) is 0. The van der Waals surface area contributed by atoms with Gasteiger partial charge in [-0.25, -0.2) is 0 Å². The van der Waals surface area contributed by atoms with E-state index in [2.05, 4.69) is 0 Å². The van der Waals surface area contributed by atoms with Gasteiger partial charge in [0.15, 0.2) is 0 Å². The molecule has 0 fully saturated rings. The van der Waals surface area contributed by atoms with E-state index >= 15 is 0 Å². The lowest BCUT2D eigenvalue weighted by Crippen LogP contribution is -2.19. The molecule has 4 nitrogen and oxygen atoms in total. The summed E-state index contributed by atoms with van der Waals surface area (Å²) < 4.78 is 1.39. The molecule has 0 saturated heterocycles. The smallest absolute Gasteiger partial charge is 0.273 e. The molecule has 0 spiro atoms. The number of nitriles is 2. The summed E-state index contributed by atoms with van der Waals surface area (Å²) >= 11 is 0. The van der Waals surface area contributed by atoms with Gasteiger partial charge in [-0.3, -0.25) is 9.20 Å². The van der Waals surface area contributed by atoms with Crippen molar-refractivity contribution in [1.82, 2.24) is 4.40 Å². The molecule has 0 unspecified atom stereocenters. The molecule has 0 aliphatic rings. The first-order valence-electron chi connectivity index (χ1n) is 4.64. The topological polar surface area (TPSA) is 69.1 Å². The summed E-state index contributed by atoms with van der Waals surface area (Å²) in [5, 5.41) is 17.8. The predicted octanol–water partition coefficient (Wildman–Crippen LogP) is 1.35. The maximum atomic E-state index is 11.9. The highest BCUT2D eigenvalue weighted by atomic mass is 16.1. The summed E-state index contributed by atoms with van der Waals surface area (Å²) in [6.45, 7) is 1.76. The third kappa shape index (κ3) is 1.25. The van der Waals surface area contributed by atoms with E-state index in [9.17, 15) is 4.79 Å². The van der Waals surface area contributed by atoms with Crippen molar-refractivity contribution in [2.45, 2.75) is 6.92 Å². The van der Waals surface area contributed by atoms with E-state index in [-0.39, 0.29) is 11.1 Å². The lowest BCUT2D eigenvalue weighted by Gasteiger charge is -2.06. The van der Waals surface area contributed by atoms with Gasteiger partial charge < -0.3 is 0 Å². The van der Waals surface area contributed by atoms with Crippen LogP contribution < -0.4 is 5.56 Å². The number of hydrogen-bond donors (Lipinski definition) is 0. The van der Waals surface area contributed by atoms with Gasteiger partial charge >= 0.3 is 0 Å². The van der Waals surface area contributed by atoms with Gasteiger partial charge in [0.25, 0.3) is 5.56 Å². The molecule has 2 aromatic heterocycles. The molecule has 0 aromatic carbocycles. The molecule has 2 aromatic rings. The number of pyridine rings is 2. The van der Waals surface area contributed by atoms with Crippen LogP contribution in [0.25, 0.3) is 5.52 Å². The van der Waals surface area contributed by atoms with E-state index in [4.69, 9.17) is 10.5 Å². The van der Waals surface area contributed by atoms with E-state index in [1.54, 1.807) is 31.2 Å². The van der Waals surface area contributed by atoms with Gasteiger partial charge in [-0.2, -0.15) is 10.5 Å². The highest BCUT2D eigenvalue weighted by Crippen LogP contribution is 2.11. The average Bonchev–Trinajstić information content (AvgIpc) is 2.30. The lowest BCUT2D eigenvalue weighted by atomic mass is 10.1. The van der Waals surface area contributed by atoms with Crippen molar-refractivity contribution in [3.63, 3.8) is 0 Å². The summed E-state index contributed by atoms with van der Waals surface area (Å²) in [6, 6.07) is 10.3. The summed E-state index contributed by atoms with van der Waals surface area (Å²) in [4.78, 5) is 11.9. The van der Waals surface area contributed by atoms with Crippen molar-refractivity contribution < 1.29 is 0 Å². The largest absolute Gasteiger partial charge is 0.279 e. The Bertz CT molecular complexity index is 714. The standard InChI is InChI=1S/C12H7N3O/c1-8-3-2-4-11-9(6-13)5-10(7-14)12(16)15(8)11/h2-5H,1H3. The van der Waals surface area contributed by atoms with Crippen LogP contribution in [0, 0.1) is 29.6 Å². The van der Waals surface area contributed by atoms with Crippen LogP contribution in [0.4, 0.5) is 0 Å². The number of nitrogens with zero attached hydrogens (tertiary/aromatic N) is 3. The van der Waals surface area contributed by atoms with Gasteiger partial charge in [0.1, 0.15) is 17.7 Å². The molecule has 0 bridgehead atoms. The van der Waals surface area contributed by atoms with E-state index in [1.165, 1.54) is 10.5 Å². The van der Waals surface area contributed by atoms with Crippen molar-refractivity contribution in [1.29, 1.82) is 10.5 Å². The Morgan fingerprint density at radius 1 is 1.19 bits per heavy atom. The maximum absolute atomic E-state index is 11.9. The molecule has 2 rings (SSSR count). The van der Waals surface area contributed by atoms with Crippen molar-refractivity contribution >= 4 is 5.52 Å². The molecule has 0 aliphatic carbocycles. The lowest BCUT2D eigenvalue weighted by molar-refractivity contribution is 1.02. The summed E-state index contributed by atoms with van der Waals surface area (Å²) in [5.74, 6) is 0. The first-order chi connectivity index (χ1) is 7.69. The van der Waals surface area contributed by atoms with E-state index < -0.39 is 0 Å². The maximum Gasteiger partial charge on any atom is 0.273 e. The van der Waals surface area contributed by atoms with E-state index in [1.807, 2.05) is 6.07 Å². The van der Waals surface area contributed by atoms with Crippen molar-refractivity contribution in [3.8, 4) is 12.1 Å². The molecular weight excluding hydrogens is 202 g/mol. The van der Waals surface area contributed by atoms with Crippen LogP contribution in [-0.2, 0) is 0 Å². The third-order valence-corrected chi connectivity index (χ3v) is 2.42. The Kier molecular flexibility index (Phi) is 2.19. The molecule has 0 N–H and O–H groups in total. The highest BCUT2D eigenvalue weighted by molar-refractivity contribution is 5.63. The van der Waals surface area contributed by atoms with Crippen molar-refractivity contribution in [2.24, 2.45) is 0 Å². The normalized spacial score (nSPS) is 9.69. The van der Waals surface area contributed by atoms with Crippen LogP contribution >= 0.6 is 0 Å². The van der Waals surface area contributed by atoms with Gasteiger partial charge in [-0.15, -0.1) is 0 Å². The number of fused-ring (bicyclic) bond motifs is 1. The number of aryl methyl sites for hydroxylation is 1. The minimum atomic E-state index is -0.380. The fraction of sp³-hybridized carbons (Fsp3) is 0.0833. The zero-order valence-electron chi connectivity index (χ0n) is 8.56. The second-order valence-corrected chi connectivity index (χ2v) is 3.39. The Morgan fingerprint density at radius 3 is 2.50 bits per heavy atom. The Balaban J connectivity index is 3.13. The fourth-order valence-corrected chi connectivity index (χ4v) is 1.67. The average molecular weight is 209 g/mol. The summed E-state index contributed by atoms with van der Waals surface area (Å²) in [7, 11) is 0. The molecule has 2 heterocycles. The van der Waals surface area contributed by atoms with Crippen LogP contribution in [0.1, 0.15) is 16.8 Å². The number of hydrogen-bond acceptors (Lipinski definition) is 3. The molecule has 0 radical (unpaired) electrons. The molecule has 0 amide bonds. The fourth-order valence-electron chi connectivity index (χ4n) is 1.67. The first kappa shape index (κ1) is 9.95. The van der Waals surface area contributed by atoms with Crippen LogP contribution in [0.15, 0.2) is 29.1 Å². The minimum Gasteiger partial charge on any atom is -0.279 e. The van der Waals surface area contributed by atoms with Gasteiger partial charge in [-0.05, 0) is 25.1 Å². The second-order valence-electron chi connectivity index (χ2n) is 3.39. The molecule has 16 heavy (non-hydrogen) atoms. The molecule has 0 atom stereocenters. The molecule has 76 valence electrons. The van der Waals surface area contributed by atoms with Crippen molar-refractivity contribution in [2.75, 3.05) is 0 Å². The monoisotopic (exact) mass is 209 g/mol. The summed E-state index contributed by atoms with van der Waals surface area (Å²) in [5.41, 5.74) is 1.18. The molecule has 0 aliphatic heterocycles. The van der Waals surface area contributed by atoms with Gasteiger partial charge in [0, 0.05) is 5.69 Å². The van der Waals surface area contributed by atoms with Gasteiger partial charge in [0.05, 0.1) is 11.1 Å². The third-order valence-electron chi connectivity index (χ3n) is 2.42. The van der Waals surface area contributed by atoms with Crippen molar-refractivity contribution in [3.05, 3.63) is 51.4 Å². The first-order valence-corrected chi connectivity index (χ1v) is 4.64.